The van der Waals surface area contributed by atoms with Crippen LogP contribution in [0.4, 0.5) is 0 Å². The minimum absolute atomic E-state index is 0.0876. The summed E-state index contributed by atoms with van der Waals surface area (Å²) in [5, 5.41) is 12.6. The molecular formula is C22H40N4O5S. The molecular weight excluding hydrogens is 432 g/mol. The average Bonchev–Trinajstić information content (AvgIpc) is 2.64. The number of amides is 1. The fourth-order valence-corrected chi connectivity index (χ4v) is 7.67. The predicted molar refractivity (Wildman–Crippen MR) is 122 cm³/mol. The number of nitrogens with two attached hydrogens (primary N) is 1. The van der Waals surface area contributed by atoms with Crippen LogP contribution in [0.2, 0.25) is 0 Å². The molecule has 4 aliphatic rings. The zero-order valence-electron chi connectivity index (χ0n) is 19.3. The smallest absolute Gasteiger partial charge is 0.321 e. The monoisotopic (exact) mass is 472 g/mol. The van der Waals surface area contributed by atoms with E-state index < -0.39 is 28.3 Å². The molecule has 0 saturated heterocycles. The molecule has 4 saturated carbocycles. The average molecular weight is 473 g/mol. The van der Waals surface area contributed by atoms with Crippen molar-refractivity contribution >= 4 is 22.1 Å². The van der Waals surface area contributed by atoms with E-state index in [4.69, 9.17) is 5.73 Å². The van der Waals surface area contributed by atoms with Crippen molar-refractivity contribution in [1.82, 2.24) is 14.8 Å². The molecule has 10 heteroatoms. The first-order valence-electron chi connectivity index (χ1n) is 12.1. The highest BCUT2D eigenvalue weighted by molar-refractivity contribution is 7.87. The van der Waals surface area contributed by atoms with Crippen LogP contribution in [0.1, 0.15) is 78.1 Å². The van der Waals surface area contributed by atoms with Gasteiger partial charge in [-0.3, -0.25) is 9.59 Å². The third kappa shape index (κ3) is 6.65. The Labute approximate surface area is 191 Å². The third-order valence-corrected chi connectivity index (χ3v) is 8.48. The van der Waals surface area contributed by atoms with E-state index in [1.807, 2.05) is 13.8 Å². The van der Waals surface area contributed by atoms with Crippen LogP contribution in [-0.2, 0) is 19.8 Å². The van der Waals surface area contributed by atoms with Gasteiger partial charge in [0.05, 0.1) is 0 Å². The summed E-state index contributed by atoms with van der Waals surface area (Å²) in [5.74, 6) is 0.520. The van der Waals surface area contributed by atoms with E-state index >= 15 is 0 Å². The molecule has 0 spiro atoms. The molecule has 1 amide bonds. The molecule has 0 aromatic carbocycles. The lowest BCUT2D eigenvalue weighted by Gasteiger charge is -2.57. The van der Waals surface area contributed by atoms with E-state index in [-0.39, 0.29) is 23.8 Å². The molecule has 32 heavy (non-hydrogen) atoms. The van der Waals surface area contributed by atoms with Crippen LogP contribution >= 0.6 is 0 Å². The van der Waals surface area contributed by atoms with Gasteiger partial charge in [0.15, 0.2) is 0 Å². The summed E-state index contributed by atoms with van der Waals surface area (Å²) in [5.41, 5.74) is 5.23. The molecule has 4 bridgehead atoms. The van der Waals surface area contributed by atoms with Crippen LogP contribution in [0.25, 0.3) is 0 Å². The summed E-state index contributed by atoms with van der Waals surface area (Å²) in [7, 11) is -4.19. The van der Waals surface area contributed by atoms with Crippen molar-refractivity contribution in [2.24, 2.45) is 29.4 Å². The van der Waals surface area contributed by atoms with Crippen molar-refractivity contribution in [3.8, 4) is 0 Å². The van der Waals surface area contributed by atoms with Gasteiger partial charge in [-0.15, -0.1) is 0 Å². The second-order valence-corrected chi connectivity index (χ2v) is 12.3. The summed E-state index contributed by atoms with van der Waals surface area (Å²) < 4.78 is 30.2. The lowest BCUT2D eigenvalue weighted by molar-refractivity contribution is -0.139. The van der Waals surface area contributed by atoms with Gasteiger partial charge in [-0.1, -0.05) is 20.3 Å². The van der Waals surface area contributed by atoms with Crippen LogP contribution in [-0.4, -0.2) is 49.6 Å². The predicted octanol–water partition coefficient (Wildman–Crippen LogP) is 1.49. The van der Waals surface area contributed by atoms with Crippen LogP contribution < -0.4 is 20.5 Å². The van der Waals surface area contributed by atoms with Crippen molar-refractivity contribution in [2.75, 3.05) is 6.54 Å². The Morgan fingerprint density at radius 3 is 2.00 bits per heavy atom. The maximum Gasteiger partial charge on any atom is 0.321 e. The Balaban J connectivity index is 1.66. The van der Waals surface area contributed by atoms with Gasteiger partial charge in [-0.05, 0) is 88.0 Å². The quantitative estimate of drug-likeness (QED) is 0.256. The van der Waals surface area contributed by atoms with Crippen LogP contribution in [0, 0.1) is 23.7 Å². The zero-order valence-corrected chi connectivity index (χ0v) is 20.1. The SMILES string of the molecule is CC(C)C[C@H](NS(=O)(=O)N[C@@H](CCCCN)C(=O)O)C(=O)NC12CC3CC(CC(C3)C1)C2. The molecule has 0 heterocycles. The number of rotatable bonds is 13. The Morgan fingerprint density at radius 1 is 1.00 bits per heavy atom. The molecule has 0 aliphatic heterocycles. The largest absolute Gasteiger partial charge is 0.480 e. The minimum atomic E-state index is -4.19. The third-order valence-electron chi connectivity index (χ3n) is 7.29. The molecule has 0 unspecified atom stereocenters. The number of aliphatic carboxylic acids is 1. The van der Waals surface area contributed by atoms with Gasteiger partial charge in [-0.2, -0.15) is 17.9 Å². The van der Waals surface area contributed by atoms with Gasteiger partial charge in [0.1, 0.15) is 12.1 Å². The van der Waals surface area contributed by atoms with E-state index in [2.05, 4.69) is 14.8 Å². The first kappa shape index (κ1) is 25.4. The summed E-state index contributed by atoms with van der Waals surface area (Å²) >= 11 is 0. The first-order chi connectivity index (χ1) is 15.0. The lowest BCUT2D eigenvalue weighted by Crippen LogP contribution is -2.63. The minimum Gasteiger partial charge on any atom is -0.480 e. The highest BCUT2D eigenvalue weighted by Gasteiger charge is 2.52. The fraction of sp³-hybridized carbons (Fsp3) is 0.909. The molecule has 184 valence electrons. The standard InChI is InChI=1S/C22H40N4O5S/c1-14(2)7-19(26-32(30,31)25-18(21(28)29)5-3-4-6-23)20(27)24-22-11-15-8-16(12-22)10-17(9-15)13-22/h14-19,25-26H,3-13,23H2,1-2H3,(H,24,27)(H,28,29)/t15?,16?,17?,18-,19-,22?/m0/s1. The van der Waals surface area contributed by atoms with E-state index in [9.17, 15) is 23.1 Å². The van der Waals surface area contributed by atoms with Gasteiger partial charge in [0, 0.05) is 5.54 Å². The summed E-state index contributed by atoms with van der Waals surface area (Å²) in [6.07, 6.45) is 8.28. The highest BCUT2D eigenvalue weighted by atomic mass is 32.2. The number of hydrogen-bond acceptors (Lipinski definition) is 5. The second-order valence-electron chi connectivity index (χ2n) is 10.8. The Bertz CT molecular complexity index is 750. The van der Waals surface area contributed by atoms with Crippen LogP contribution in [0.15, 0.2) is 0 Å². The van der Waals surface area contributed by atoms with Crippen LogP contribution in [0.3, 0.4) is 0 Å². The number of hydrogen-bond donors (Lipinski definition) is 5. The Hall–Kier alpha value is -1.23. The molecule has 4 rings (SSSR count). The molecule has 4 fully saturated rings. The second kappa shape index (κ2) is 10.4. The van der Waals surface area contributed by atoms with Crippen molar-refractivity contribution in [2.45, 2.75) is 95.7 Å². The molecule has 0 radical (unpaired) electrons. The van der Waals surface area contributed by atoms with E-state index in [1.165, 1.54) is 19.3 Å². The van der Waals surface area contributed by atoms with Crippen molar-refractivity contribution in [3.63, 3.8) is 0 Å². The topological polar surface area (TPSA) is 151 Å². The molecule has 4 aliphatic carbocycles. The van der Waals surface area contributed by atoms with Crippen molar-refractivity contribution < 1.29 is 23.1 Å². The van der Waals surface area contributed by atoms with Gasteiger partial charge in [0.2, 0.25) is 5.91 Å². The van der Waals surface area contributed by atoms with E-state index in [0.29, 0.717) is 43.6 Å². The van der Waals surface area contributed by atoms with Gasteiger partial charge >= 0.3 is 5.97 Å². The fourth-order valence-electron chi connectivity index (χ4n) is 6.43. The van der Waals surface area contributed by atoms with Gasteiger partial charge in [0.25, 0.3) is 10.2 Å². The highest BCUT2D eigenvalue weighted by Crippen LogP contribution is 2.55. The van der Waals surface area contributed by atoms with E-state index in [1.54, 1.807) is 0 Å². The Kier molecular flexibility index (Phi) is 8.22. The molecule has 2 atom stereocenters. The maximum atomic E-state index is 13.3. The van der Waals surface area contributed by atoms with Gasteiger partial charge in [-0.25, -0.2) is 0 Å². The van der Waals surface area contributed by atoms with Gasteiger partial charge < -0.3 is 16.2 Å². The summed E-state index contributed by atoms with van der Waals surface area (Å²) in [6, 6.07) is -2.20. The van der Waals surface area contributed by atoms with E-state index in [0.717, 1.165) is 19.3 Å². The number of carboxylic acids is 1. The number of carbonyl (C=O) groups is 2. The number of nitrogens with one attached hydrogen (secondary N) is 3. The normalized spacial score (nSPS) is 30.9. The summed E-state index contributed by atoms with van der Waals surface area (Å²) in [4.78, 5) is 24.8. The lowest BCUT2D eigenvalue weighted by atomic mass is 9.53. The summed E-state index contributed by atoms with van der Waals surface area (Å²) in [6.45, 7) is 4.28. The molecule has 9 nitrogen and oxygen atoms in total. The molecule has 0 aromatic heterocycles. The Morgan fingerprint density at radius 2 is 1.53 bits per heavy atom. The molecule has 0 aromatic rings. The number of unbranched alkanes of at least 4 members (excludes halogenated alkanes) is 1. The van der Waals surface area contributed by atoms with Crippen LogP contribution in [0.5, 0.6) is 0 Å². The maximum absolute atomic E-state index is 13.3. The number of carbonyl (C=O) groups excluding carboxylic acids is 1. The number of carboxylic acid groups (broad SMARTS) is 1. The molecule has 6 N–H and O–H groups in total. The van der Waals surface area contributed by atoms with Crippen molar-refractivity contribution in [3.05, 3.63) is 0 Å². The zero-order chi connectivity index (χ0) is 23.5. The van der Waals surface area contributed by atoms with Crippen molar-refractivity contribution in [1.29, 1.82) is 0 Å². The first-order valence-corrected chi connectivity index (χ1v) is 13.5.